The van der Waals surface area contributed by atoms with E-state index in [2.05, 4.69) is 34.6 Å². The number of nitrogens with zero attached hydrogens (tertiary/aromatic N) is 2. The fourth-order valence-corrected chi connectivity index (χ4v) is 2.87. The van der Waals surface area contributed by atoms with Crippen molar-refractivity contribution in [2.24, 2.45) is 11.6 Å². The first-order chi connectivity index (χ1) is 12.2. The van der Waals surface area contributed by atoms with E-state index in [1.54, 1.807) is 0 Å². The van der Waals surface area contributed by atoms with Gasteiger partial charge in [0.15, 0.2) is 5.70 Å². The molecule has 6 nitrogen and oxygen atoms in total. The zero-order valence-electron chi connectivity index (χ0n) is 13.9. The van der Waals surface area contributed by atoms with E-state index in [4.69, 9.17) is 21.6 Å². The van der Waals surface area contributed by atoms with Gasteiger partial charge in [0.25, 0.3) is 0 Å². The van der Waals surface area contributed by atoms with Crippen molar-refractivity contribution in [3.05, 3.63) is 59.8 Å². The lowest BCUT2D eigenvalue weighted by atomic mass is 10.0. The summed E-state index contributed by atoms with van der Waals surface area (Å²) >= 11 is 0. The molecule has 3 rings (SSSR count). The third-order valence-electron chi connectivity index (χ3n) is 4.28. The summed E-state index contributed by atoms with van der Waals surface area (Å²) < 4.78 is 5.39. The van der Waals surface area contributed by atoms with Gasteiger partial charge in [0.05, 0.1) is 18.9 Å². The number of benzene rings is 2. The zero-order valence-corrected chi connectivity index (χ0v) is 13.9. The Kier molecular flexibility index (Phi) is 5.19. The fourth-order valence-electron chi connectivity index (χ4n) is 2.87. The molecule has 0 aromatic heterocycles. The van der Waals surface area contributed by atoms with Crippen molar-refractivity contribution in [1.29, 1.82) is 5.26 Å². The van der Waals surface area contributed by atoms with Gasteiger partial charge in [-0.3, -0.25) is 0 Å². The fraction of sp³-hybridized carbons (Fsp3) is 0.211. The van der Waals surface area contributed by atoms with Crippen molar-refractivity contribution in [3.63, 3.8) is 0 Å². The van der Waals surface area contributed by atoms with Crippen molar-refractivity contribution in [3.8, 4) is 17.2 Å². The smallest absolute Gasteiger partial charge is 0.151 e. The Morgan fingerprint density at radius 1 is 1.08 bits per heavy atom. The zero-order chi connectivity index (χ0) is 17.6. The minimum atomic E-state index is 0.153. The topological polar surface area (TPSA) is 100 Å². The SMILES string of the molecule is N#C/C(NN)=C(/N)c1cccc(-c2ccc(N3CCOCC3)cc2)c1. The Bertz CT molecular complexity index is 801. The molecule has 1 heterocycles. The van der Waals surface area contributed by atoms with Crippen molar-refractivity contribution in [1.82, 2.24) is 5.43 Å². The number of allylic oxidation sites excluding steroid dienone is 1. The van der Waals surface area contributed by atoms with Crippen LogP contribution in [-0.4, -0.2) is 26.3 Å². The van der Waals surface area contributed by atoms with Crippen LogP contribution in [0, 0.1) is 11.3 Å². The van der Waals surface area contributed by atoms with Crippen LogP contribution < -0.4 is 21.9 Å². The summed E-state index contributed by atoms with van der Waals surface area (Å²) in [5.41, 5.74) is 12.9. The maximum absolute atomic E-state index is 9.05. The molecule has 2 aromatic rings. The number of hydrogen-bond donors (Lipinski definition) is 3. The number of nitrogens with two attached hydrogens (primary N) is 2. The average molecular weight is 335 g/mol. The number of nitriles is 1. The van der Waals surface area contributed by atoms with Gasteiger partial charge in [-0.15, -0.1) is 0 Å². The molecule has 0 atom stereocenters. The van der Waals surface area contributed by atoms with Gasteiger partial charge in [-0.1, -0.05) is 30.3 Å². The van der Waals surface area contributed by atoms with E-state index >= 15 is 0 Å². The summed E-state index contributed by atoms with van der Waals surface area (Å²) in [5, 5.41) is 9.05. The molecule has 6 heteroatoms. The van der Waals surface area contributed by atoms with E-state index in [0.717, 1.165) is 43.0 Å². The molecule has 5 N–H and O–H groups in total. The van der Waals surface area contributed by atoms with Crippen LogP contribution in [0.15, 0.2) is 54.2 Å². The molecule has 0 radical (unpaired) electrons. The number of hydrazine groups is 1. The molecular formula is C19H21N5O. The van der Waals surface area contributed by atoms with Crippen molar-refractivity contribution >= 4 is 11.4 Å². The molecule has 0 spiro atoms. The van der Waals surface area contributed by atoms with E-state index in [1.165, 1.54) is 5.69 Å². The third-order valence-corrected chi connectivity index (χ3v) is 4.28. The molecule has 128 valence electrons. The first-order valence-electron chi connectivity index (χ1n) is 8.13. The van der Waals surface area contributed by atoms with Crippen LogP contribution in [-0.2, 0) is 4.74 Å². The largest absolute Gasteiger partial charge is 0.396 e. The first kappa shape index (κ1) is 16.8. The van der Waals surface area contributed by atoms with Gasteiger partial charge < -0.3 is 20.8 Å². The molecule has 1 aliphatic rings. The molecule has 0 bridgehead atoms. The van der Waals surface area contributed by atoms with Crippen molar-refractivity contribution < 1.29 is 4.74 Å². The van der Waals surface area contributed by atoms with E-state index in [0.29, 0.717) is 5.70 Å². The summed E-state index contributed by atoms with van der Waals surface area (Å²) in [4.78, 5) is 2.32. The molecule has 0 amide bonds. The van der Waals surface area contributed by atoms with E-state index < -0.39 is 0 Å². The van der Waals surface area contributed by atoms with Gasteiger partial charge in [-0.05, 0) is 29.3 Å². The summed E-state index contributed by atoms with van der Waals surface area (Å²) in [6.45, 7) is 3.37. The number of rotatable bonds is 4. The Morgan fingerprint density at radius 2 is 1.80 bits per heavy atom. The van der Waals surface area contributed by atoms with E-state index in [9.17, 15) is 0 Å². The molecule has 2 aromatic carbocycles. The third kappa shape index (κ3) is 3.74. The Labute approximate surface area is 147 Å². The van der Waals surface area contributed by atoms with Gasteiger partial charge in [0.1, 0.15) is 6.07 Å². The highest BCUT2D eigenvalue weighted by Gasteiger charge is 2.11. The predicted octanol–water partition coefficient (Wildman–Crippen LogP) is 1.80. The van der Waals surface area contributed by atoms with E-state index in [-0.39, 0.29) is 5.70 Å². The molecule has 1 fully saturated rings. The predicted molar refractivity (Wildman–Crippen MR) is 99.0 cm³/mol. The van der Waals surface area contributed by atoms with Gasteiger partial charge in [-0.25, -0.2) is 5.84 Å². The summed E-state index contributed by atoms with van der Waals surface area (Å²) in [5.74, 6) is 5.33. The van der Waals surface area contributed by atoms with Crippen LogP contribution in [0.25, 0.3) is 16.8 Å². The van der Waals surface area contributed by atoms with Crippen LogP contribution in [0.5, 0.6) is 0 Å². The summed E-state index contributed by atoms with van der Waals surface area (Å²) in [7, 11) is 0. The number of hydrogen-bond acceptors (Lipinski definition) is 6. The number of nitrogens with one attached hydrogen (secondary N) is 1. The van der Waals surface area contributed by atoms with Crippen molar-refractivity contribution in [2.75, 3.05) is 31.2 Å². The van der Waals surface area contributed by atoms with E-state index in [1.807, 2.05) is 30.3 Å². The molecule has 1 saturated heterocycles. The highest BCUT2D eigenvalue weighted by atomic mass is 16.5. The Hall–Kier alpha value is -3.01. The van der Waals surface area contributed by atoms with Crippen molar-refractivity contribution in [2.45, 2.75) is 0 Å². The maximum Gasteiger partial charge on any atom is 0.151 e. The van der Waals surface area contributed by atoms with Gasteiger partial charge in [0.2, 0.25) is 0 Å². The second-order valence-corrected chi connectivity index (χ2v) is 5.77. The van der Waals surface area contributed by atoms with Gasteiger partial charge in [-0.2, -0.15) is 5.26 Å². The molecule has 1 aliphatic heterocycles. The quantitative estimate of drug-likeness (QED) is 0.447. The molecule has 0 unspecified atom stereocenters. The molecule has 25 heavy (non-hydrogen) atoms. The van der Waals surface area contributed by atoms with Crippen LogP contribution in [0.1, 0.15) is 5.56 Å². The Balaban J connectivity index is 1.86. The van der Waals surface area contributed by atoms with Crippen LogP contribution in [0.2, 0.25) is 0 Å². The normalized spacial score (nSPS) is 15.3. The Morgan fingerprint density at radius 3 is 2.44 bits per heavy atom. The number of ether oxygens (including phenoxy) is 1. The summed E-state index contributed by atoms with van der Waals surface area (Å²) in [6.07, 6.45) is 0. The van der Waals surface area contributed by atoms with Crippen LogP contribution in [0.3, 0.4) is 0 Å². The van der Waals surface area contributed by atoms with Crippen LogP contribution in [0.4, 0.5) is 5.69 Å². The second-order valence-electron chi connectivity index (χ2n) is 5.77. The molecule has 0 aliphatic carbocycles. The monoisotopic (exact) mass is 335 g/mol. The lowest BCUT2D eigenvalue weighted by molar-refractivity contribution is 0.122. The lowest BCUT2D eigenvalue weighted by Gasteiger charge is -2.28. The number of anilines is 1. The van der Waals surface area contributed by atoms with Crippen LogP contribution >= 0.6 is 0 Å². The van der Waals surface area contributed by atoms with Gasteiger partial charge in [0, 0.05) is 24.3 Å². The lowest BCUT2D eigenvalue weighted by Crippen LogP contribution is -2.36. The average Bonchev–Trinajstić information content (AvgIpc) is 2.70. The summed E-state index contributed by atoms with van der Waals surface area (Å²) in [6, 6.07) is 18.1. The second kappa shape index (κ2) is 7.71. The first-order valence-corrected chi connectivity index (χ1v) is 8.13. The van der Waals surface area contributed by atoms with Gasteiger partial charge >= 0.3 is 0 Å². The highest BCUT2D eigenvalue weighted by molar-refractivity contribution is 5.74. The standard InChI is InChI=1S/C19H21N5O/c20-13-18(23-22)19(21)16-3-1-2-15(12-16)14-4-6-17(7-5-14)24-8-10-25-11-9-24/h1-7,12,23H,8-11,21-22H2/b19-18-. The number of morpholine rings is 1. The maximum atomic E-state index is 9.05. The minimum absolute atomic E-state index is 0.153. The highest BCUT2D eigenvalue weighted by Crippen LogP contribution is 2.26. The molecular weight excluding hydrogens is 314 g/mol. The minimum Gasteiger partial charge on any atom is -0.396 e. The molecule has 0 saturated carbocycles.